The zero-order valence-electron chi connectivity index (χ0n) is 24.2. The Kier molecular flexibility index (Phi) is 17.8. The van der Waals surface area contributed by atoms with Gasteiger partial charge in [0.1, 0.15) is 11.7 Å². The number of alkyl carbamates (subject to hydrolysis) is 1. The van der Waals surface area contributed by atoms with E-state index in [1.165, 1.54) is 77.0 Å². The number of rotatable bonds is 18. The maximum atomic E-state index is 12.4. The number of unbranched alkanes of at least 4 members (excludes halogenated alkanes) is 10. The molecule has 1 aliphatic carbocycles. The van der Waals surface area contributed by atoms with Crippen LogP contribution in [0.2, 0.25) is 0 Å². The molecule has 212 valence electrons. The smallest absolute Gasteiger partial charge is 0.444 e. The van der Waals surface area contributed by atoms with E-state index in [0.29, 0.717) is 12.5 Å². The van der Waals surface area contributed by atoms with Crippen LogP contribution >= 0.6 is 0 Å². The van der Waals surface area contributed by atoms with E-state index in [1.54, 1.807) is 0 Å². The van der Waals surface area contributed by atoms with E-state index in [0.717, 1.165) is 38.5 Å². The third-order valence-corrected chi connectivity index (χ3v) is 7.03. The van der Waals surface area contributed by atoms with E-state index < -0.39 is 11.8 Å². The lowest BCUT2D eigenvalue weighted by molar-refractivity contribution is -0.00130. The molecule has 1 fully saturated rings. The van der Waals surface area contributed by atoms with Crippen molar-refractivity contribution in [1.82, 2.24) is 5.32 Å². The number of carbonyl (C=O) groups excluding carboxylic acids is 2. The number of carbonyl (C=O) groups is 2. The summed E-state index contributed by atoms with van der Waals surface area (Å²) < 4.78 is 16.5. The van der Waals surface area contributed by atoms with Crippen LogP contribution in [-0.4, -0.2) is 36.6 Å². The molecule has 0 aromatic rings. The molecule has 0 bridgehead atoms. The normalized spacial score (nSPS) is 18.2. The van der Waals surface area contributed by atoms with Gasteiger partial charge in [-0.05, 0) is 65.2 Å². The lowest BCUT2D eigenvalue weighted by Crippen LogP contribution is -2.42. The van der Waals surface area contributed by atoms with Crippen molar-refractivity contribution in [3.05, 3.63) is 0 Å². The zero-order chi connectivity index (χ0) is 26.7. The molecule has 0 atom stereocenters. The highest BCUT2D eigenvalue weighted by atomic mass is 16.7. The molecule has 1 N–H and O–H groups in total. The summed E-state index contributed by atoms with van der Waals surface area (Å²) in [5.74, 6) is 0.434. The molecule has 0 aromatic carbocycles. The maximum Gasteiger partial charge on any atom is 0.508 e. The van der Waals surface area contributed by atoms with Crippen molar-refractivity contribution in [3.8, 4) is 0 Å². The van der Waals surface area contributed by atoms with Crippen LogP contribution in [0.3, 0.4) is 0 Å². The SMILES string of the molecule is CCCCCCCCC(CCCCCCCC)COC(=O)OC1CCC(NC(=O)OC(C)(C)C)CC1. The van der Waals surface area contributed by atoms with Gasteiger partial charge in [0.05, 0.1) is 6.61 Å². The van der Waals surface area contributed by atoms with E-state index in [2.05, 4.69) is 19.2 Å². The van der Waals surface area contributed by atoms with Gasteiger partial charge in [0.15, 0.2) is 0 Å². The van der Waals surface area contributed by atoms with Crippen LogP contribution in [0.1, 0.15) is 150 Å². The first kappa shape index (κ1) is 32.6. The first-order chi connectivity index (χ1) is 17.2. The lowest BCUT2D eigenvalue weighted by atomic mass is 9.93. The Morgan fingerprint density at radius 1 is 0.778 bits per heavy atom. The number of nitrogens with one attached hydrogen (secondary N) is 1. The summed E-state index contributed by atoms with van der Waals surface area (Å²) in [5, 5.41) is 2.93. The molecule has 0 aliphatic heterocycles. The predicted molar refractivity (Wildman–Crippen MR) is 147 cm³/mol. The Morgan fingerprint density at radius 2 is 1.28 bits per heavy atom. The van der Waals surface area contributed by atoms with Gasteiger partial charge in [0, 0.05) is 6.04 Å². The van der Waals surface area contributed by atoms with Crippen LogP contribution in [0.4, 0.5) is 9.59 Å². The van der Waals surface area contributed by atoms with Crippen molar-refractivity contribution in [2.24, 2.45) is 5.92 Å². The van der Waals surface area contributed by atoms with Gasteiger partial charge in [0.2, 0.25) is 0 Å². The summed E-state index contributed by atoms with van der Waals surface area (Å²) in [6.07, 6.45) is 19.7. The molecule has 1 saturated carbocycles. The average Bonchev–Trinajstić information content (AvgIpc) is 2.81. The Bertz CT molecular complexity index is 550. The number of hydrogen-bond donors (Lipinski definition) is 1. The van der Waals surface area contributed by atoms with E-state index >= 15 is 0 Å². The lowest BCUT2D eigenvalue weighted by Gasteiger charge is -2.29. The number of ether oxygens (including phenoxy) is 3. The van der Waals surface area contributed by atoms with Crippen LogP contribution < -0.4 is 5.32 Å². The summed E-state index contributed by atoms with van der Waals surface area (Å²) in [6, 6.07) is 0.0646. The second kappa shape index (κ2) is 19.6. The van der Waals surface area contributed by atoms with Crippen LogP contribution in [-0.2, 0) is 14.2 Å². The number of amides is 1. The largest absolute Gasteiger partial charge is 0.508 e. The maximum absolute atomic E-state index is 12.4. The van der Waals surface area contributed by atoms with Gasteiger partial charge in [-0.15, -0.1) is 0 Å². The Hall–Kier alpha value is -1.46. The van der Waals surface area contributed by atoms with Crippen molar-refractivity contribution >= 4 is 12.2 Å². The van der Waals surface area contributed by atoms with Gasteiger partial charge in [-0.2, -0.15) is 0 Å². The van der Waals surface area contributed by atoms with E-state index in [9.17, 15) is 9.59 Å². The van der Waals surface area contributed by atoms with Crippen molar-refractivity contribution in [3.63, 3.8) is 0 Å². The summed E-state index contributed by atoms with van der Waals surface area (Å²) >= 11 is 0. The van der Waals surface area contributed by atoms with Crippen molar-refractivity contribution < 1.29 is 23.8 Å². The number of hydrogen-bond acceptors (Lipinski definition) is 5. The van der Waals surface area contributed by atoms with E-state index in [4.69, 9.17) is 14.2 Å². The molecule has 6 heteroatoms. The topological polar surface area (TPSA) is 73.9 Å². The fourth-order valence-electron chi connectivity index (χ4n) is 4.89. The van der Waals surface area contributed by atoms with Gasteiger partial charge in [-0.3, -0.25) is 0 Å². The molecule has 0 heterocycles. The monoisotopic (exact) mass is 511 g/mol. The van der Waals surface area contributed by atoms with Gasteiger partial charge in [-0.25, -0.2) is 9.59 Å². The van der Waals surface area contributed by atoms with Crippen molar-refractivity contribution in [1.29, 1.82) is 0 Å². The zero-order valence-corrected chi connectivity index (χ0v) is 24.2. The summed E-state index contributed by atoms with van der Waals surface area (Å²) in [5.41, 5.74) is -0.504. The fraction of sp³-hybridized carbons (Fsp3) is 0.933. The standard InChI is InChI=1S/C30H57NO5/c1-6-8-10-12-14-16-18-25(19-17-15-13-11-9-7-2)24-34-29(33)35-27-22-20-26(21-23-27)31-28(32)36-30(3,4)5/h25-27H,6-24H2,1-5H3,(H,31,32). The van der Waals surface area contributed by atoms with Crippen LogP contribution in [0, 0.1) is 5.92 Å². The Balaban J connectivity index is 2.31. The molecule has 0 saturated heterocycles. The van der Waals surface area contributed by atoms with Gasteiger partial charge >= 0.3 is 12.2 Å². The minimum absolute atomic E-state index is 0.0646. The molecule has 0 radical (unpaired) electrons. The van der Waals surface area contributed by atoms with Crippen molar-refractivity contribution in [2.45, 2.75) is 168 Å². The van der Waals surface area contributed by atoms with Gasteiger partial charge < -0.3 is 19.5 Å². The van der Waals surface area contributed by atoms with E-state index in [1.807, 2.05) is 20.8 Å². The molecule has 1 aliphatic rings. The van der Waals surface area contributed by atoms with Crippen molar-refractivity contribution in [2.75, 3.05) is 6.61 Å². The minimum atomic E-state index is -0.533. The molecule has 1 rings (SSSR count). The molecule has 0 unspecified atom stereocenters. The first-order valence-corrected chi connectivity index (χ1v) is 15.1. The fourth-order valence-corrected chi connectivity index (χ4v) is 4.89. The third-order valence-electron chi connectivity index (χ3n) is 7.03. The molecular formula is C30H57NO5. The van der Waals surface area contributed by atoms with Crippen LogP contribution in [0.15, 0.2) is 0 Å². The summed E-state index contributed by atoms with van der Waals surface area (Å²) in [4.78, 5) is 24.4. The van der Waals surface area contributed by atoms with Gasteiger partial charge in [0.25, 0.3) is 0 Å². The molecule has 0 aromatic heterocycles. The molecule has 0 spiro atoms. The molecular weight excluding hydrogens is 454 g/mol. The predicted octanol–water partition coefficient (Wildman–Crippen LogP) is 9.09. The third kappa shape index (κ3) is 17.9. The molecule has 6 nitrogen and oxygen atoms in total. The van der Waals surface area contributed by atoms with Gasteiger partial charge in [-0.1, -0.05) is 90.9 Å². The van der Waals surface area contributed by atoms with Crippen LogP contribution in [0.25, 0.3) is 0 Å². The van der Waals surface area contributed by atoms with E-state index in [-0.39, 0.29) is 18.2 Å². The first-order valence-electron chi connectivity index (χ1n) is 15.1. The Morgan fingerprint density at radius 3 is 1.78 bits per heavy atom. The quantitative estimate of drug-likeness (QED) is 0.147. The second-order valence-corrected chi connectivity index (χ2v) is 11.8. The Labute approximate surface area is 222 Å². The second-order valence-electron chi connectivity index (χ2n) is 11.8. The average molecular weight is 512 g/mol. The van der Waals surface area contributed by atoms with Crippen LogP contribution in [0.5, 0.6) is 0 Å². The molecule has 1 amide bonds. The summed E-state index contributed by atoms with van der Waals surface area (Å²) in [7, 11) is 0. The molecule has 36 heavy (non-hydrogen) atoms. The highest BCUT2D eigenvalue weighted by molar-refractivity contribution is 5.68. The highest BCUT2D eigenvalue weighted by Gasteiger charge is 2.27. The highest BCUT2D eigenvalue weighted by Crippen LogP contribution is 2.23. The minimum Gasteiger partial charge on any atom is -0.444 e. The summed E-state index contributed by atoms with van der Waals surface area (Å²) in [6.45, 7) is 10.5.